The van der Waals surface area contributed by atoms with Crippen LogP contribution in [0.15, 0.2) is 12.3 Å². The number of likely N-dealkylation sites (tertiary alicyclic amines) is 1. The van der Waals surface area contributed by atoms with Gasteiger partial charge in [-0.1, -0.05) is 6.92 Å². The molecule has 0 radical (unpaired) electrons. The van der Waals surface area contributed by atoms with Gasteiger partial charge in [-0.3, -0.25) is 4.79 Å². The molecule has 0 spiro atoms. The average Bonchev–Trinajstić information content (AvgIpc) is 3.38. The first kappa shape index (κ1) is 20.7. The van der Waals surface area contributed by atoms with E-state index in [0.717, 1.165) is 87.4 Å². The van der Waals surface area contributed by atoms with Crippen LogP contribution >= 0.6 is 0 Å². The standard InChI is InChI=1S/C23H35N7O/c1-15-6-8-25-19(11-15)23(31)29-9-4-3-5-20(29)18-12-21-26-22(16(2)13-30(21)27-18)28-10-7-17(24)14-28/h12-13,15,17,19-20,25H,3-11,14,24H2,1-2H3/t15?,17-,19?,20-/m0/s1. The molecule has 3 aliphatic heterocycles. The second kappa shape index (κ2) is 8.39. The largest absolute Gasteiger partial charge is 0.355 e. The molecule has 0 aliphatic carbocycles. The molecule has 31 heavy (non-hydrogen) atoms. The predicted molar refractivity (Wildman–Crippen MR) is 121 cm³/mol. The third-order valence-electron chi connectivity index (χ3n) is 7.24. The van der Waals surface area contributed by atoms with Crippen molar-refractivity contribution in [3.05, 3.63) is 23.5 Å². The number of fused-ring (bicyclic) bond motifs is 1. The van der Waals surface area contributed by atoms with Crippen molar-refractivity contribution in [3.63, 3.8) is 0 Å². The van der Waals surface area contributed by atoms with Crippen LogP contribution in [0.25, 0.3) is 5.65 Å². The van der Waals surface area contributed by atoms with Crippen LogP contribution in [0.5, 0.6) is 0 Å². The number of piperidine rings is 2. The summed E-state index contributed by atoms with van der Waals surface area (Å²) < 4.78 is 1.88. The molecule has 0 saturated carbocycles. The molecule has 4 atom stereocenters. The van der Waals surface area contributed by atoms with Gasteiger partial charge in [0.05, 0.1) is 17.8 Å². The lowest BCUT2D eigenvalue weighted by molar-refractivity contribution is -0.138. The van der Waals surface area contributed by atoms with E-state index in [-0.39, 0.29) is 24.0 Å². The Hall–Kier alpha value is -2.19. The Morgan fingerprint density at radius 3 is 2.87 bits per heavy atom. The van der Waals surface area contributed by atoms with Gasteiger partial charge < -0.3 is 20.9 Å². The van der Waals surface area contributed by atoms with Crippen molar-refractivity contribution in [2.75, 3.05) is 31.1 Å². The maximum absolute atomic E-state index is 13.4. The molecule has 3 saturated heterocycles. The van der Waals surface area contributed by atoms with Gasteiger partial charge in [-0.05, 0) is 57.9 Å². The number of nitrogens with one attached hydrogen (secondary N) is 1. The third-order valence-corrected chi connectivity index (χ3v) is 7.24. The summed E-state index contributed by atoms with van der Waals surface area (Å²) in [4.78, 5) is 22.7. The number of amides is 1. The van der Waals surface area contributed by atoms with E-state index in [1.165, 1.54) is 0 Å². The number of aryl methyl sites for hydroxylation is 1. The van der Waals surface area contributed by atoms with E-state index in [1.807, 2.05) is 4.52 Å². The van der Waals surface area contributed by atoms with Gasteiger partial charge in [-0.15, -0.1) is 0 Å². The lowest BCUT2D eigenvalue weighted by Crippen LogP contribution is -2.52. The summed E-state index contributed by atoms with van der Waals surface area (Å²) in [7, 11) is 0. The van der Waals surface area contributed by atoms with Crippen molar-refractivity contribution in [2.24, 2.45) is 11.7 Å². The van der Waals surface area contributed by atoms with E-state index in [9.17, 15) is 4.79 Å². The van der Waals surface area contributed by atoms with Gasteiger partial charge in [0, 0.05) is 43.5 Å². The minimum Gasteiger partial charge on any atom is -0.355 e. The van der Waals surface area contributed by atoms with Crippen LogP contribution in [0.2, 0.25) is 0 Å². The summed E-state index contributed by atoms with van der Waals surface area (Å²) in [6, 6.07) is 2.26. The lowest BCUT2D eigenvalue weighted by Gasteiger charge is -2.39. The van der Waals surface area contributed by atoms with Crippen molar-refractivity contribution in [1.82, 2.24) is 24.8 Å². The quantitative estimate of drug-likeness (QED) is 0.782. The number of carbonyl (C=O) groups excluding carboxylic acids is 1. The molecule has 8 heteroatoms. The number of anilines is 1. The highest BCUT2D eigenvalue weighted by molar-refractivity contribution is 5.82. The molecule has 1 amide bonds. The number of aromatic nitrogens is 3. The molecule has 0 aromatic carbocycles. The molecule has 3 fully saturated rings. The van der Waals surface area contributed by atoms with Gasteiger partial charge in [0.1, 0.15) is 5.82 Å². The smallest absolute Gasteiger partial charge is 0.240 e. The molecule has 3 aliphatic rings. The third kappa shape index (κ3) is 4.03. The molecule has 5 rings (SSSR count). The van der Waals surface area contributed by atoms with E-state index in [0.29, 0.717) is 5.92 Å². The molecule has 2 unspecified atom stereocenters. The van der Waals surface area contributed by atoms with Gasteiger partial charge in [-0.25, -0.2) is 9.50 Å². The highest BCUT2D eigenvalue weighted by Gasteiger charge is 2.35. The Balaban J connectivity index is 1.42. The zero-order chi connectivity index (χ0) is 21.5. The highest BCUT2D eigenvalue weighted by atomic mass is 16.2. The van der Waals surface area contributed by atoms with E-state index in [1.54, 1.807) is 0 Å². The minimum absolute atomic E-state index is 0.0333. The highest BCUT2D eigenvalue weighted by Crippen LogP contribution is 2.33. The SMILES string of the molecule is Cc1cn2nc([C@@H]3CCCCN3C(=O)C3CC(C)CCN3)cc2nc1N1CC[C@H](N)C1. The number of hydrogen-bond acceptors (Lipinski definition) is 6. The lowest BCUT2D eigenvalue weighted by atomic mass is 9.91. The van der Waals surface area contributed by atoms with Crippen LogP contribution in [0, 0.1) is 12.8 Å². The van der Waals surface area contributed by atoms with Crippen molar-refractivity contribution in [3.8, 4) is 0 Å². The fourth-order valence-electron chi connectivity index (χ4n) is 5.48. The van der Waals surface area contributed by atoms with E-state index in [4.69, 9.17) is 15.8 Å². The van der Waals surface area contributed by atoms with Gasteiger partial charge in [0.25, 0.3) is 0 Å². The number of nitrogens with two attached hydrogens (primary N) is 1. The zero-order valence-corrected chi connectivity index (χ0v) is 18.8. The molecular formula is C23H35N7O. The van der Waals surface area contributed by atoms with Crippen molar-refractivity contribution < 1.29 is 4.79 Å². The molecule has 3 N–H and O–H groups in total. The molecule has 2 aromatic rings. The normalized spacial score (nSPS) is 29.6. The van der Waals surface area contributed by atoms with Gasteiger partial charge in [0.2, 0.25) is 5.91 Å². The Morgan fingerprint density at radius 1 is 1.23 bits per heavy atom. The van der Waals surface area contributed by atoms with Crippen LogP contribution in [0.3, 0.4) is 0 Å². The molecule has 5 heterocycles. The summed E-state index contributed by atoms with van der Waals surface area (Å²) in [6.07, 6.45) is 8.29. The van der Waals surface area contributed by atoms with Crippen molar-refractivity contribution >= 4 is 17.4 Å². The van der Waals surface area contributed by atoms with Gasteiger partial charge in [-0.2, -0.15) is 5.10 Å². The van der Waals surface area contributed by atoms with Crippen LogP contribution < -0.4 is 16.0 Å². The van der Waals surface area contributed by atoms with Crippen LogP contribution in [0.4, 0.5) is 5.82 Å². The second-order valence-electron chi connectivity index (χ2n) is 9.79. The summed E-state index contributed by atoms with van der Waals surface area (Å²) in [5, 5.41) is 8.32. The molecule has 2 aromatic heterocycles. The Kier molecular flexibility index (Phi) is 5.60. The monoisotopic (exact) mass is 425 g/mol. The summed E-state index contributed by atoms with van der Waals surface area (Å²) in [6.45, 7) is 7.87. The van der Waals surface area contributed by atoms with E-state index < -0.39 is 0 Å². The number of carbonyl (C=O) groups is 1. The first-order valence-corrected chi connectivity index (χ1v) is 11.9. The molecule has 168 valence electrons. The summed E-state index contributed by atoms with van der Waals surface area (Å²) in [5.41, 5.74) is 9.02. The van der Waals surface area contributed by atoms with E-state index in [2.05, 4.69) is 41.2 Å². The fourth-order valence-corrected chi connectivity index (χ4v) is 5.48. The van der Waals surface area contributed by atoms with E-state index >= 15 is 0 Å². The Morgan fingerprint density at radius 2 is 2.10 bits per heavy atom. The topological polar surface area (TPSA) is 91.8 Å². The number of hydrogen-bond donors (Lipinski definition) is 2. The first-order chi connectivity index (χ1) is 15.0. The fraction of sp³-hybridized carbons (Fsp3) is 0.696. The Bertz CT molecular complexity index is 957. The van der Waals surface area contributed by atoms with Crippen LogP contribution in [-0.2, 0) is 4.79 Å². The second-order valence-corrected chi connectivity index (χ2v) is 9.79. The molecule has 0 bridgehead atoms. The predicted octanol–water partition coefficient (Wildman–Crippen LogP) is 2.02. The summed E-state index contributed by atoms with van der Waals surface area (Å²) in [5.74, 6) is 1.84. The van der Waals surface area contributed by atoms with Gasteiger partial charge in [0.15, 0.2) is 5.65 Å². The maximum Gasteiger partial charge on any atom is 0.240 e. The average molecular weight is 426 g/mol. The molecule has 8 nitrogen and oxygen atoms in total. The number of nitrogens with zero attached hydrogens (tertiary/aromatic N) is 5. The van der Waals surface area contributed by atoms with Gasteiger partial charge >= 0.3 is 0 Å². The van der Waals surface area contributed by atoms with Crippen LogP contribution in [-0.4, -0.2) is 63.7 Å². The summed E-state index contributed by atoms with van der Waals surface area (Å²) >= 11 is 0. The number of rotatable bonds is 3. The minimum atomic E-state index is -0.0623. The zero-order valence-electron chi connectivity index (χ0n) is 18.8. The van der Waals surface area contributed by atoms with Crippen LogP contribution in [0.1, 0.15) is 62.7 Å². The van der Waals surface area contributed by atoms with Crippen molar-refractivity contribution in [2.45, 2.75) is 70.5 Å². The Labute approximate surface area is 184 Å². The maximum atomic E-state index is 13.4. The first-order valence-electron chi connectivity index (χ1n) is 11.9. The van der Waals surface area contributed by atoms with Crippen molar-refractivity contribution in [1.29, 1.82) is 0 Å². The molecular weight excluding hydrogens is 390 g/mol.